The van der Waals surface area contributed by atoms with Crippen LogP contribution in [0.2, 0.25) is 0 Å². The zero-order valence-corrected chi connectivity index (χ0v) is 8.37. The van der Waals surface area contributed by atoms with Gasteiger partial charge in [-0.05, 0) is 30.7 Å². The second-order valence-electron chi connectivity index (χ2n) is 3.28. The standard InChI is InChI=1S/C12H11FO2/c1-9-4-5-10(13)7-12(9)15-8-11-3-2-6-14-11/h2-7H,8H2,1H3. The minimum Gasteiger partial charge on any atom is -0.485 e. The Bertz CT molecular complexity index is 435. The number of hydrogen-bond donors (Lipinski definition) is 0. The lowest BCUT2D eigenvalue weighted by Gasteiger charge is -2.07. The van der Waals surface area contributed by atoms with Crippen LogP contribution in [0.5, 0.6) is 5.75 Å². The number of benzene rings is 1. The highest BCUT2D eigenvalue weighted by Crippen LogP contribution is 2.20. The first kappa shape index (κ1) is 9.77. The molecule has 0 N–H and O–H groups in total. The van der Waals surface area contributed by atoms with E-state index in [1.807, 2.05) is 13.0 Å². The smallest absolute Gasteiger partial charge is 0.146 e. The van der Waals surface area contributed by atoms with Crippen molar-refractivity contribution in [2.75, 3.05) is 0 Å². The molecule has 0 atom stereocenters. The van der Waals surface area contributed by atoms with Crippen LogP contribution in [0.15, 0.2) is 41.0 Å². The van der Waals surface area contributed by atoms with E-state index in [9.17, 15) is 4.39 Å². The van der Waals surface area contributed by atoms with Crippen LogP contribution in [0.4, 0.5) is 4.39 Å². The van der Waals surface area contributed by atoms with Gasteiger partial charge in [-0.3, -0.25) is 0 Å². The summed E-state index contributed by atoms with van der Waals surface area (Å²) in [5.74, 6) is 0.972. The Morgan fingerprint density at radius 1 is 1.33 bits per heavy atom. The summed E-state index contributed by atoms with van der Waals surface area (Å²) in [5.41, 5.74) is 0.906. The summed E-state index contributed by atoms with van der Waals surface area (Å²) in [6.07, 6.45) is 1.58. The van der Waals surface area contributed by atoms with Crippen molar-refractivity contribution in [1.82, 2.24) is 0 Å². The number of furan rings is 1. The molecule has 0 saturated carbocycles. The maximum atomic E-state index is 12.9. The SMILES string of the molecule is Cc1ccc(F)cc1OCc1ccco1. The fourth-order valence-corrected chi connectivity index (χ4v) is 1.27. The van der Waals surface area contributed by atoms with E-state index in [2.05, 4.69) is 0 Å². The number of hydrogen-bond acceptors (Lipinski definition) is 2. The van der Waals surface area contributed by atoms with Crippen molar-refractivity contribution < 1.29 is 13.5 Å². The van der Waals surface area contributed by atoms with Gasteiger partial charge in [0.15, 0.2) is 0 Å². The van der Waals surface area contributed by atoms with Gasteiger partial charge in [0, 0.05) is 6.07 Å². The third-order valence-electron chi connectivity index (χ3n) is 2.10. The molecule has 15 heavy (non-hydrogen) atoms. The molecule has 1 aromatic heterocycles. The summed E-state index contributed by atoms with van der Waals surface area (Å²) in [6.45, 7) is 2.19. The van der Waals surface area contributed by atoms with E-state index >= 15 is 0 Å². The molecule has 0 aliphatic carbocycles. The van der Waals surface area contributed by atoms with Gasteiger partial charge < -0.3 is 9.15 Å². The Kier molecular flexibility index (Phi) is 2.72. The van der Waals surface area contributed by atoms with Crippen LogP contribution in [-0.2, 0) is 6.61 Å². The highest BCUT2D eigenvalue weighted by Gasteiger charge is 2.02. The highest BCUT2D eigenvalue weighted by molar-refractivity contribution is 5.32. The van der Waals surface area contributed by atoms with Gasteiger partial charge in [-0.25, -0.2) is 4.39 Å². The Balaban J connectivity index is 2.07. The summed E-state index contributed by atoms with van der Waals surface area (Å²) in [4.78, 5) is 0. The zero-order chi connectivity index (χ0) is 10.7. The molecule has 0 aliphatic rings. The maximum absolute atomic E-state index is 12.9. The monoisotopic (exact) mass is 206 g/mol. The van der Waals surface area contributed by atoms with E-state index in [4.69, 9.17) is 9.15 Å². The number of ether oxygens (including phenoxy) is 1. The van der Waals surface area contributed by atoms with Crippen molar-refractivity contribution in [3.8, 4) is 5.75 Å². The molecule has 1 heterocycles. The van der Waals surface area contributed by atoms with Crippen molar-refractivity contribution in [3.05, 3.63) is 53.7 Å². The van der Waals surface area contributed by atoms with E-state index in [0.29, 0.717) is 12.4 Å². The predicted molar refractivity (Wildman–Crippen MR) is 54.2 cm³/mol. The van der Waals surface area contributed by atoms with Crippen LogP contribution in [0, 0.1) is 12.7 Å². The average Bonchev–Trinajstić information content (AvgIpc) is 2.72. The lowest BCUT2D eigenvalue weighted by molar-refractivity contribution is 0.267. The minimum absolute atomic E-state index is 0.296. The maximum Gasteiger partial charge on any atom is 0.146 e. The molecule has 0 aliphatic heterocycles. The number of aryl methyl sites for hydroxylation is 1. The van der Waals surface area contributed by atoms with Gasteiger partial charge in [0.2, 0.25) is 0 Å². The molecule has 2 aromatic rings. The van der Waals surface area contributed by atoms with E-state index in [0.717, 1.165) is 11.3 Å². The Hall–Kier alpha value is -1.77. The first-order chi connectivity index (χ1) is 7.25. The van der Waals surface area contributed by atoms with E-state index in [1.165, 1.54) is 12.1 Å². The highest BCUT2D eigenvalue weighted by atomic mass is 19.1. The van der Waals surface area contributed by atoms with E-state index in [1.54, 1.807) is 18.4 Å². The van der Waals surface area contributed by atoms with Crippen LogP contribution in [0.25, 0.3) is 0 Å². The van der Waals surface area contributed by atoms with Crippen molar-refractivity contribution in [3.63, 3.8) is 0 Å². The molecule has 1 aromatic carbocycles. The molecule has 78 valence electrons. The molecule has 0 bridgehead atoms. The third-order valence-corrected chi connectivity index (χ3v) is 2.10. The molecule has 0 fully saturated rings. The molecular weight excluding hydrogens is 195 g/mol. The van der Waals surface area contributed by atoms with Gasteiger partial charge in [-0.2, -0.15) is 0 Å². The number of halogens is 1. The largest absolute Gasteiger partial charge is 0.485 e. The van der Waals surface area contributed by atoms with Gasteiger partial charge in [0.05, 0.1) is 6.26 Å². The lowest BCUT2D eigenvalue weighted by atomic mass is 10.2. The average molecular weight is 206 g/mol. The molecule has 0 saturated heterocycles. The first-order valence-electron chi connectivity index (χ1n) is 4.67. The molecule has 0 unspecified atom stereocenters. The van der Waals surface area contributed by atoms with Gasteiger partial charge >= 0.3 is 0 Å². The number of rotatable bonds is 3. The molecule has 0 amide bonds. The van der Waals surface area contributed by atoms with Crippen molar-refractivity contribution in [2.24, 2.45) is 0 Å². The third kappa shape index (κ3) is 2.37. The summed E-state index contributed by atoms with van der Waals surface area (Å²) in [7, 11) is 0. The van der Waals surface area contributed by atoms with Gasteiger partial charge in [-0.1, -0.05) is 6.07 Å². The van der Waals surface area contributed by atoms with Crippen molar-refractivity contribution in [2.45, 2.75) is 13.5 Å². The summed E-state index contributed by atoms with van der Waals surface area (Å²) in [6, 6.07) is 8.08. The van der Waals surface area contributed by atoms with Gasteiger partial charge in [-0.15, -0.1) is 0 Å². The normalized spacial score (nSPS) is 10.3. The molecular formula is C12H11FO2. The fourth-order valence-electron chi connectivity index (χ4n) is 1.27. The Labute approximate surface area is 87.3 Å². The molecule has 2 nitrogen and oxygen atoms in total. The Morgan fingerprint density at radius 2 is 2.20 bits per heavy atom. The van der Waals surface area contributed by atoms with Crippen molar-refractivity contribution in [1.29, 1.82) is 0 Å². The summed E-state index contributed by atoms with van der Waals surface area (Å²) < 4.78 is 23.4. The minimum atomic E-state index is -0.296. The first-order valence-corrected chi connectivity index (χ1v) is 4.67. The Morgan fingerprint density at radius 3 is 2.93 bits per heavy atom. The fraction of sp³-hybridized carbons (Fsp3) is 0.167. The van der Waals surface area contributed by atoms with E-state index in [-0.39, 0.29) is 5.82 Å². The molecule has 3 heteroatoms. The van der Waals surface area contributed by atoms with Crippen LogP contribution >= 0.6 is 0 Å². The second kappa shape index (κ2) is 4.17. The van der Waals surface area contributed by atoms with Gasteiger partial charge in [0.25, 0.3) is 0 Å². The summed E-state index contributed by atoms with van der Waals surface area (Å²) >= 11 is 0. The molecule has 0 radical (unpaired) electrons. The van der Waals surface area contributed by atoms with Crippen LogP contribution in [0.1, 0.15) is 11.3 Å². The topological polar surface area (TPSA) is 22.4 Å². The second-order valence-corrected chi connectivity index (χ2v) is 3.28. The lowest BCUT2D eigenvalue weighted by Crippen LogP contribution is -1.96. The quantitative estimate of drug-likeness (QED) is 0.768. The van der Waals surface area contributed by atoms with Crippen LogP contribution in [0.3, 0.4) is 0 Å². The van der Waals surface area contributed by atoms with Crippen LogP contribution in [-0.4, -0.2) is 0 Å². The van der Waals surface area contributed by atoms with E-state index < -0.39 is 0 Å². The zero-order valence-electron chi connectivity index (χ0n) is 8.37. The summed E-state index contributed by atoms with van der Waals surface area (Å²) in [5, 5.41) is 0. The molecule has 0 spiro atoms. The van der Waals surface area contributed by atoms with Crippen molar-refractivity contribution >= 4 is 0 Å². The molecule has 2 rings (SSSR count). The van der Waals surface area contributed by atoms with Crippen LogP contribution < -0.4 is 4.74 Å². The predicted octanol–water partition coefficient (Wildman–Crippen LogP) is 3.31. The van der Waals surface area contributed by atoms with Gasteiger partial charge in [0.1, 0.15) is 23.9 Å².